The maximum atomic E-state index is 12.3. The highest BCUT2D eigenvalue weighted by atomic mass is 16.3. The van der Waals surface area contributed by atoms with Crippen LogP contribution in [0, 0.1) is 0 Å². The number of nitrogens with zero attached hydrogens (tertiary/aromatic N) is 3. The molecule has 1 aromatic rings. The first-order chi connectivity index (χ1) is 11.0. The molecule has 1 aromatic heterocycles. The molecule has 3 amide bonds. The van der Waals surface area contributed by atoms with Crippen molar-refractivity contribution in [1.82, 2.24) is 20.4 Å². The van der Waals surface area contributed by atoms with Crippen molar-refractivity contribution in [2.24, 2.45) is 4.99 Å². The first kappa shape index (κ1) is 15.1. The van der Waals surface area contributed by atoms with E-state index in [0.717, 1.165) is 11.3 Å². The average Bonchev–Trinajstić information content (AvgIpc) is 3.10. The van der Waals surface area contributed by atoms with E-state index in [2.05, 4.69) is 22.2 Å². The average molecular weight is 317 g/mol. The van der Waals surface area contributed by atoms with E-state index in [-0.39, 0.29) is 5.91 Å². The van der Waals surface area contributed by atoms with Gasteiger partial charge >= 0.3 is 6.03 Å². The normalized spacial score (nSPS) is 25.4. The lowest BCUT2D eigenvalue weighted by molar-refractivity contribution is -0.126. The van der Waals surface area contributed by atoms with E-state index in [0.29, 0.717) is 19.0 Å². The molecule has 0 saturated carbocycles. The minimum atomic E-state index is -0.537. The molecule has 122 valence electrons. The lowest BCUT2D eigenvalue weighted by Crippen LogP contribution is -2.64. The van der Waals surface area contributed by atoms with Crippen LogP contribution in [0.2, 0.25) is 0 Å². The Hall–Kier alpha value is -2.77. The molecule has 2 fully saturated rings. The quantitative estimate of drug-likeness (QED) is 0.789. The molecule has 3 heterocycles. The number of imide groups is 1. The maximum absolute atomic E-state index is 12.3. The Balaban J connectivity index is 1.88. The molecule has 0 radical (unpaired) electrons. The molecule has 2 atom stereocenters. The number of amides is 3. The van der Waals surface area contributed by atoms with E-state index < -0.39 is 18.2 Å². The second-order valence-corrected chi connectivity index (χ2v) is 5.74. The first-order valence-electron chi connectivity index (χ1n) is 7.29. The highest BCUT2D eigenvalue weighted by Gasteiger charge is 2.49. The van der Waals surface area contributed by atoms with Gasteiger partial charge in [-0.15, -0.1) is 0 Å². The van der Waals surface area contributed by atoms with Crippen LogP contribution in [0.5, 0.6) is 0 Å². The third kappa shape index (κ3) is 2.79. The summed E-state index contributed by atoms with van der Waals surface area (Å²) < 4.78 is 5.27. The summed E-state index contributed by atoms with van der Waals surface area (Å²) in [6, 6.07) is 2.66. The van der Waals surface area contributed by atoms with Gasteiger partial charge in [0.15, 0.2) is 12.0 Å². The number of hydrogen-bond acceptors (Lipinski definition) is 4. The van der Waals surface area contributed by atoms with Crippen LogP contribution in [0.1, 0.15) is 12.7 Å². The predicted octanol–water partition coefficient (Wildman–Crippen LogP) is 0.493. The fraction of sp³-hybridized carbons (Fsp3) is 0.400. The van der Waals surface area contributed by atoms with Crippen LogP contribution >= 0.6 is 0 Å². The Bertz CT molecular complexity index is 667. The van der Waals surface area contributed by atoms with Crippen molar-refractivity contribution in [2.75, 3.05) is 13.6 Å². The van der Waals surface area contributed by atoms with Crippen molar-refractivity contribution >= 4 is 17.9 Å². The Morgan fingerprint density at radius 2 is 2.26 bits per heavy atom. The number of urea groups is 1. The molecular formula is C15H19N5O3. The molecule has 2 unspecified atom stereocenters. The third-order valence-electron chi connectivity index (χ3n) is 3.83. The van der Waals surface area contributed by atoms with E-state index in [1.165, 1.54) is 4.90 Å². The summed E-state index contributed by atoms with van der Waals surface area (Å²) in [4.78, 5) is 31.8. The number of aliphatic imine (C=N–C) groups is 1. The van der Waals surface area contributed by atoms with E-state index in [4.69, 9.17) is 4.42 Å². The minimum absolute atomic E-state index is 0.338. The molecule has 0 spiro atoms. The van der Waals surface area contributed by atoms with Crippen LogP contribution in [-0.4, -0.2) is 53.5 Å². The molecule has 2 aliphatic heterocycles. The van der Waals surface area contributed by atoms with E-state index >= 15 is 0 Å². The Kier molecular flexibility index (Phi) is 3.81. The zero-order valence-corrected chi connectivity index (χ0v) is 13.1. The molecule has 8 nitrogen and oxygen atoms in total. The first-order valence-corrected chi connectivity index (χ1v) is 7.29. The van der Waals surface area contributed by atoms with Gasteiger partial charge in [-0.05, 0) is 19.1 Å². The van der Waals surface area contributed by atoms with E-state index in [9.17, 15) is 9.59 Å². The summed E-state index contributed by atoms with van der Waals surface area (Å²) in [6.07, 6.45) is 1.13. The number of guanidine groups is 1. The van der Waals surface area contributed by atoms with Gasteiger partial charge in [-0.1, -0.05) is 12.2 Å². The van der Waals surface area contributed by atoms with Gasteiger partial charge in [0.1, 0.15) is 18.5 Å². The SMILES string of the molecule is C=C(C)CN1C(=NCc2ccco2)NC2C1C(=O)NC(=O)N2C. The smallest absolute Gasteiger partial charge is 0.325 e. The van der Waals surface area contributed by atoms with Gasteiger partial charge in [0.25, 0.3) is 5.91 Å². The summed E-state index contributed by atoms with van der Waals surface area (Å²) in [7, 11) is 1.64. The summed E-state index contributed by atoms with van der Waals surface area (Å²) in [5, 5.41) is 5.52. The van der Waals surface area contributed by atoms with Crippen molar-refractivity contribution in [1.29, 1.82) is 0 Å². The van der Waals surface area contributed by atoms with Crippen LogP contribution in [0.25, 0.3) is 0 Å². The molecule has 2 saturated heterocycles. The summed E-state index contributed by atoms with van der Waals surface area (Å²) >= 11 is 0. The summed E-state index contributed by atoms with van der Waals surface area (Å²) in [5.74, 6) is 0.935. The molecule has 8 heteroatoms. The molecule has 0 aromatic carbocycles. The van der Waals surface area contributed by atoms with Crippen molar-refractivity contribution in [3.05, 3.63) is 36.3 Å². The molecule has 0 aliphatic carbocycles. The molecule has 23 heavy (non-hydrogen) atoms. The fourth-order valence-corrected chi connectivity index (χ4v) is 2.74. The van der Waals surface area contributed by atoms with Gasteiger partial charge in [0, 0.05) is 13.6 Å². The number of rotatable bonds is 4. The third-order valence-corrected chi connectivity index (χ3v) is 3.83. The number of hydrogen-bond donors (Lipinski definition) is 2. The van der Waals surface area contributed by atoms with Crippen molar-refractivity contribution in [3.8, 4) is 0 Å². The van der Waals surface area contributed by atoms with Crippen molar-refractivity contribution in [3.63, 3.8) is 0 Å². The van der Waals surface area contributed by atoms with Crippen molar-refractivity contribution < 1.29 is 14.0 Å². The highest BCUT2D eigenvalue weighted by molar-refractivity contribution is 6.04. The number of nitrogens with one attached hydrogen (secondary N) is 2. The lowest BCUT2D eigenvalue weighted by Gasteiger charge is -2.35. The van der Waals surface area contributed by atoms with Crippen LogP contribution in [0.15, 0.2) is 40.0 Å². The Morgan fingerprint density at radius 1 is 1.48 bits per heavy atom. The number of furan rings is 1. The van der Waals surface area contributed by atoms with Crippen LogP contribution in [-0.2, 0) is 11.3 Å². The van der Waals surface area contributed by atoms with E-state index in [1.54, 1.807) is 19.4 Å². The maximum Gasteiger partial charge on any atom is 0.325 e. The summed E-state index contributed by atoms with van der Waals surface area (Å²) in [6.45, 7) is 6.61. The van der Waals surface area contributed by atoms with Gasteiger partial charge in [-0.2, -0.15) is 0 Å². The Labute approximate surface area is 133 Å². The van der Waals surface area contributed by atoms with Gasteiger partial charge in [0.05, 0.1) is 6.26 Å². The number of fused-ring (bicyclic) bond motifs is 1. The lowest BCUT2D eigenvalue weighted by atomic mass is 10.1. The number of carbonyl (C=O) groups is 2. The fourth-order valence-electron chi connectivity index (χ4n) is 2.74. The van der Waals surface area contributed by atoms with Crippen molar-refractivity contribution in [2.45, 2.75) is 25.7 Å². The van der Waals surface area contributed by atoms with Crippen LogP contribution < -0.4 is 10.6 Å². The standard InChI is InChI=1S/C15H19N5O3/c1-9(2)8-20-11-12(19(3)15(22)18-13(11)21)17-14(20)16-7-10-5-4-6-23-10/h4-6,11-12H,1,7-8H2,2-3H3,(H,16,17)(H,18,21,22). The van der Waals surface area contributed by atoms with Crippen LogP contribution in [0.4, 0.5) is 4.79 Å². The number of carbonyl (C=O) groups excluding carboxylic acids is 2. The molecule has 2 N–H and O–H groups in total. The highest BCUT2D eigenvalue weighted by Crippen LogP contribution is 2.21. The van der Waals surface area contributed by atoms with E-state index in [1.807, 2.05) is 17.9 Å². The van der Waals surface area contributed by atoms with Gasteiger partial charge < -0.3 is 19.5 Å². The second-order valence-electron chi connectivity index (χ2n) is 5.74. The molecule has 0 bridgehead atoms. The minimum Gasteiger partial charge on any atom is -0.467 e. The summed E-state index contributed by atoms with van der Waals surface area (Å²) in [5.41, 5.74) is 0.894. The second kappa shape index (κ2) is 5.79. The monoisotopic (exact) mass is 317 g/mol. The Morgan fingerprint density at radius 3 is 2.91 bits per heavy atom. The molecule has 3 rings (SSSR count). The zero-order chi connectivity index (χ0) is 16.6. The predicted molar refractivity (Wildman–Crippen MR) is 83.4 cm³/mol. The van der Waals surface area contributed by atoms with Gasteiger partial charge in [0.2, 0.25) is 0 Å². The zero-order valence-electron chi connectivity index (χ0n) is 13.1. The number of likely N-dealkylation sites (N-methyl/N-ethyl adjacent to an activating group) is 1. The molecule has 2 aliphatic rings. The van der Waals surface area contributed by atoms with Gasteiger partial charge in [-0.25, -0.2) is 9.79 Å². The largest absolute Gasteiger partial charge is 0.467 e. The van der Waals surface area contributed by atoms with Crippen LogP contribution in [0.3, 0.4) is 0 Å². The van der Waals surface area contributed by atoms with Gasteiger partial charge in [-0.3, -0.25) is 10.1 Å². The topological polar surface area (TPSA) is 90.2 Å². The molecular weight excluding hydrogens is 298 g/mol.